The lowest BCUT2D eigenvalue weighted by Gasteiger charge is -2.13. The predicted octanol–water partition coefficient (Wildman–Crippen LogP) is 6.54. The molecule has 3 N–H and O–H groups in total. The van der Waals surface area contributed by atoms with Gasteiger partial charge in [0.2, 0.25) is 21.8 Å². The number of nitrogens with zero attached hydrogens (tertiary/aromatic N) is 1. The number of H-pyrrole nitrogens is 1. The topological polar surface area (TPSA) is 131 Å². The summed E-state index contributed by atoms with van der Waals surface area (Å²) in [6, 6.07) is 22.2. The number of carbonyl (C=O) groups excluding carboxylic acids is 1. The van der Waals surface area contributed by atoms with Crippen molar-refractivity contribution >= 4 is 48.4 Å². The third-order valence-corrected chi connectivity index (χ3v) is 8.95. The van der Waals surface area contributed by atoms with E-state index in [4.69, 9.17) is 9.47 Å². The van der Waals surface area contributed by atoms with E-state index in [0.717, 1.165) is 27.5 Å². The maximum absolute atomic E-state index is 13.0. The van der Waals surface area contributed by atoms with Crippen molar-refractivity contribution in [2.45, 2.75) is 32.9 Å². The Morgan fingerprint density at radius 1 is 0.933 bits per heavy atom. The van der Waals surface area contributed by atoms with E-state index >= 15 is 0 Å². The van der Waals surface area contributed by atoms with Crippen LogP contribution in [0.1, 0.15) is 30.5 Å². The van der Waals surface area contributed by atoms with Crippen molar-refractivity contribution in [3.05, 3.63) is 95.7 Å². The van der Waals surface area contributed by atoms with Gasteiger partial charge in [-0.05, 0) is 60.4 Å². The molecule has 1 amide bonds. The molecule has 0 aliphatic heterocycles. The zero-order chi connectivity index (χ0) is 31.7. The number of fused-ring (bicyclic) bond motifs is 4. The summed E-state index contributed by atoms with van der Waals surface area (Å²) >= 11 is 0. The van der Waals surface area contributed by atoms with Crippen LogP contribution in [0, 0.1) is 6.92 Å². The van der Waals surface area contributed by atoms with Crippen LogP contribution >= 0.6 is 0 Å². The number of pyridine rings is 1. The molecule has 0 atom stereocenters. The van der Waals surface area contributed by atoms with Gasteiger partial charge in [-0.2, -0.15) is 0 Å². The van der Waals surface area contributed by atoms with E-state index in [1.165, 1.54) is 0 Å². The second kappa shape index (κ2) is 12.1. The van der Waals surface area contributed by atoms with E-state index in [2.05, 4.69) is 14.7 Å². The number of aryl methyl sites for hydroxylation is 1. The number of benzene rings is 4. The molecular weight excluding hydrogens is 590 g/mol. The summed E-state index contributed by atoms with van der Waals surface area (Å²) < 4.78 is 40.1. The number of sulfonamides is 1. The molecular formula is C35H33N3O6S. The maximum atomic E-state index is 13.0. The number of hydrogen-bond acceptors (Lipinski definition) is 7. The van der Waals surface area contributed by atoms with Gasteiger partial charge in [-0.25, -0.2) is 8.42 Å². The summed E-state index contributed by atoms with van der Waals surface area (Å²) in [6.45, 7) is 6.31. The normalized spacial score (nSPS) is 11.7. The van der Waals surface area contributed by atoms with Gasteiger partial charge in [0.25, 0.3) is 0 Å². The fourth-order valence-electron chi connectivity index (χ4n) is 5.89. The van der Waals surface area contributed by atoms with Crippen molar-refractivity contribution in [3.63, 3.8) is 0 Å². The molecule has 6 rings (SSSR count). The van der Waals surface area contributed by atoms with Gasteiger partial charge in [-0.1, -0.05) is 60.7 Å². The smallest absolute Gasteiger partial charge is 0.239 e. The van der Waals surface area contributed by atoms with Gasteiger partial charge in [-0.15, -0.1) is 0 Å². The Morgan fingerprint density at radius 3 is 2.47 bits per heavy atom. The number of ether oxygens (including phenoxy) is 2. The van der Waals surface area contributed by atoms with E-state index in [1.807, 2.05) is 69.3 Å². The highest BCUT2D eigenvalue weighted by atomic mass is 32.2. The van der Waals surface area contributed by atoms with Gasteiger partial charge in [0.1, 0.15) is 0 Å². The first-order valence-corrected chi connectivity index (χ1v) is 16.4. The molecule has 0 radical (unpaired) electrons. The van der Waals surface area contributed by atoms with Crippen molar-refractivity contribution in [2.75, 3.05) is 13.2 Å². The van der Waals surface area contributed by atoms with Crippen molar-refractivity contribution in [1.82, 2.24) is 14.7 Å². The Kier molecular flexibility index (Phi) is 8.07. The molecule has 0 unspecified atom stereocenters. The van der Waals surface area contributed by atoms with E-state index in [1.54, 1.807) is 30.5 Å². The molecule has 0 saturated carbocycles. The molecule has 0 saturated heterocycles. The maximum Gasteiger partial charge on any atom is 0.239 e. The van der Waals surface area contributed by atoms with Crippen LogP contribution in [0.3, 0.4) is 0 Å². The Bertz CT molecular complexity index is 2180. The summed E-state index contributed by atoms with van der Waals surface area (Å²) in [5.74, 6) is -0.216. The van der Waals surface area contributed by atoms with Crippen LogP contribution in [-0.4, -0.2) is 42.6 Å². The summed E-state index contributed by atoms with van der Waals surface area (Å²) in [5, 5.41) is 15.2. The quantitative estimate of drug-likeness (QED) is 0.158. The van der Waals surface area contributed by atoms with Gasteiger partial charge in [0, 0.05) is 17.1 Å². The second-order valence-electron chi connectivity index (χ2n) is 10.8. The fourth-order valence-corrected chi connectivity index (χ4v) is 7.00. The van der Waals surface area contributed by atoms with Crippen molar-refractivity contribution in [3.8, 4) is 28.6 Å². The van der Waals surface area contributed by atoms with E-state index in [-0.39, 0.29) is 17.9 Å². The molecule has 45 heavy (non-hydrogen) atoms. The first-order chi connectivity index (χ1) is 21.7. The van der Waals surface area contributed by atoms with Crippen LogP contribution in [0.4, 0.5) is 0 Å². The lowest BCUT2D eigenvalue weighted by molar-refractivity contribution is -0.118. The minimum atomic E-state index is -3.97. The fraction of sp³-hybridized carbons (Fsp3) is 0.200. The average Bonchev–Trinajstić information content (AvgIpc) is 3.38. The van der Waals surface area contributed by atoms with Crippen LogP contribution in [-0.2, 0) is 27.0 Å². The highest BCUT2D eigenvalue weighted by Crippen LogP contribution is 2.49. The Hall–Kier alpha value is -5.09. The molecule has 2 heterocycles. The van der Waals surface area contributed by atoms with Gasteiger partial charge >= 0.3 is 0 Å². The Morgan fingerprint density at radius 2 is 1.69 bits per heavy atom. The van der Waals surface area contributed by atoms with E-state index < -0.39 is 15.9 Å². The molecule has 0 aliphatic carbocycles. The van der Waals surface area contributed by atoms with Crippen molar-refractivity contribution in [2.24, 2.45) is 0 Å². The van der Waals surface area contributed by atoms with Crippen LogP contribution in [0.2, 0.25) is 0 Å². The third-order valence-electron chi connectivity index (χ3n) is 7.70. The van der Waals surface area contributed by atoms with Crippen LogP contribution in [0.5, 0.6) is 17.4 Å². The number of aromatic hydroxyl groups is 1. The SMILES string of the molecule is CCOc1c(O)c2c(-c3ccc(CS(=O)(=O)NC(=O)Cc4cccc5ccccc45)cc3C)[nH]c(OCC)c2c2ncccc12. The summed E-state index contributed by atoms with van der Waals surface area (Å²) in [7, 11) is -3.97. The van der Waals surface area contributed by atoms with Gasteiger partial charge in [0.05, 0.1) is 47.4 Å². The number of rotatable bonds is 10. The predicted molar refractivity (Wildman–Crippen MR) is 176 cm³/mol. The second-order valence-corrected chi connectivity index (χ2v) is 12.5. The molecule has 230 valence electrons. The molecule has 10 heteroatoms. The molecule has 0 aliphatic rings. The average molecular weight is 624 g/mol. The van der Waals surface area contributed by atoms with Gasteiger partial charge in [0.15, 0.2) is 11.5 Å². The number of amides is 1. The monoisotopic (exact) mass is 623 g/mol. The largest absolute Gasteiger partial charge is 0.504 e. The summed E-state index contributed by atoms with van der Waals surface area (Å²) in [5.41, 5.74) is 3.97. The highest BCUT2D eigenvalue weighted by Gasteiger charge is 2.26. The van der Waals surface area contributed by atoms with Crippen molar-refractivity contribution in [1.29, 1.82) is 0 Å². The molecule has 0 fully saturated rings. The zero-order valence-corrected chi connectivity index (χ0v) is 26.0. The van der Waals surface area contributed by atoms with Gasteiger partial charge in [-0.3, -0.25) is 14.5 Å². The first-order valence-electron chi connectivity index (χ1n) is 14.7. The molecule has 0 bridgehead atoms. The minimum absolute atomic E-state index is 0.0375. The Labute approximate surface area is 260 Å². The number of aromatic amines is 1. The summed E-state index contributed by atoms with van der Waals surface area (Å²) in [6.07, 6.45) is 1.62. The number of aromatic nitrogens is 2. The van der Waals surface area contributed by atoms with Crippen LogP contribution < -0.4 is 14.2 Å². The molecule has 6 aromatic rings. The van der Waals surface area contributed by atoms with E-state index in [0.29, 0.717) is 57.8 Å². The first kappa shape index (κ1) is 30.0. The van der Waals surface area contributed by atoms with Crippen LogP contribution in [0.25, 0.3) is 43.7 Å². The molecule has 0 spiro atoms. The minimum Gasteiger partial charge on any atom is -0.504 e. The number of nitrogens with one attached hydrogen (secondary N) is 2. The number of phenolic OH excluding ortho intramolecular Hbond substituents is 1. The number of phenols is 1. The molecule has 4 aromatic carbocycles. The number of carbonyl (C=O) groups is 1. The molecule has 9 nitrogen and oxygen atoms in total. The zero-order valence-electron chi connectivity index (χ0n) is 25.2. The van der Waals surface area contributed by atoms with Crippen LogP contribution in [0.15, 0.2) is 79.0 Å². The van der Waals surface area contributed by atoms with Gasteiger partial charge < -0.3 is 19.6 Å². The lowest BCUT2D eigenvalue weighted by Crippen LogP contribution is -2.32. The molecule has 2 aromatic heterocycles. The number of hydrogen-bond donors (Lipinski definition) is 3. The van der Waals surface area contributed by atoms with Crippen molar-refractivity contribution < 1.29 is 27.8 Å². The lowest BCUT2D eigenvalue weighted by atomic mass is 9.98. The highest BCUT2D eigenvalue weighted by molar-refractivity contribution is 7.89. The third kappa shape index (κ3) is 5.76. The summed E-state index contributed by atoms with van der Waals surface area (Å²) in [4.78, 5) is 20.7. The standard InChI is InChI=1S/C35H33N3O6S/c1-4-43-34-27-14-9-17-36-31(27)30-29(33(34)40)32(37-35(30)44-5-2)25-16-15-22(18-21(25)3)20-45(41,42)38-28(39)19-24-12-8-11-23-10-6-7-13-26(23)24/h6-18,37,40H,4-5,19-20H2,1-3H3,(H,38,39). The van der Waals surface area contributed by atoms with E-state index in [9.17, 15) is 18.3 Å². The Balaban J connectivity index is 1.31.